The maximum absolute atomic E-state index is 14.3. The van der Waals surface area contributed by atoms with Crippen LogP contribution in [-0.2, 0) is 0 Å². The summed E-state index contributed by atoms with van der Waals surface area (Å²) in [4.78, 5) is 11.0. The van der Waals surface area contributed by atoms with Crippen molar-refractivity contribution in [3.8, 4) is 5.75 Å². The number of hydroxylamine groups is 2. The summed E-state index contributed by atoms with van der Waals surface area (Å²) in [6.45, 7) is 3.32. The number of hydrogen-bond acceptors (Lipinski definition) is 3. The molecular formula is C17H18ClFN2O3. The Kier molecular flexibility index (Phi) is 5.64. The average molecular weight is 353 g/mol. The van der Waals surface area contributed by atoms with Crippen LogP contribution in [0, 0.1) is 5.82 Å². The summed E-state index contributed by atoms with van der Waals surface area (Å²) in [6.07, 6.45) is -0.375. The molecule has 0 heterocycles. The molecule has 2 amide bonds. The minimum Gasteiger partial charge on any atom is -0.483 e. The second-order valence-electron chi connectivity index (χ2n) is 5.36. The van der Waals surface area contributed by atoms with E-state index in [4.69, 9.17) is 22.1 Å². The third kappa shape index (κ3) is 4.15. The number of ether oxygens (including phenoxy) is 1. The van der Waals surface area contributed by atoms with Crippen molar-refractivity contribution in [1.82, 2.24) is 5.06 Å². The van der Waals surface area contributed by atoms with Gasteiger partial charge in [0, 0.05) is 5.02 Å². The largest absolute Gasteiger partial charge is 0.483 e. The molecule has 2 atom stereocenters. The number of halogens is 2. The van der Waals surface area contributed by atoms with Crippen molar-refractivity contribution in [3.63, 3.8) is 0 Å². The van der Waals surface area contributed by atoms with E-state index in [0.717, 1.165) is 5.56 Å². The van der Waals surface area contributed by atoms with E-state index in [2.05, 4.69) is 0 Å². The van der Waals surface area contributed by atoms with Gasteiger partial charge in [-0.2, -0.15) is 5.06 Å². The van der Waals surface area contributed by atoms with E-state index < -0.39 is 17.9 Å². The van der Waals surface area contributed by atoms with E-state index in [1.54, 1.807) is 37.3 Å². The predicted octanol–water partition coefficient (Wildman–Crippen LogP) is 4.45. The number of primary amides is 1. The first-order valence-corrected chi connectivity index (χ1v) is 7.66. The van der Waals surface area contributed by atoms with Gasteiger partial charge in [-0.3, -0.25) is 5.21 Å². The van der Waals surface area contributed by atoms with Crippen molar-refractivity contribution < 1.29 is 19.1 Å². The van der Waals surface area contributed by atoms with E-state index >= 15 is 0 Å². The normalized spacial score (nSPS) is 13.2. The smallest absolute Gasteiger partial charge is 0.339 e. The second-order valence-corrected chi connectivity index (χ2v) is 5.80. The summed E-state index contributed by atoms with van der Waals surface area (Å²) < 4.78 is 19.9. The lowest BCUT2D eigenvalue weighted by molar-refractivity contribution is -0.0710. The van der Waals surface area contributed by atoms with Crippen LogP contribution in [0.3, 0.4) is 0 Å². The van der Waals surface area contributed by atoms with Crippen LogP contribution in [0.2, 0.25) is 5.02 Å². The van der Waals surface area contributed by atoms with Crippen molar-refractivity contribution in [2.45, 2.75) is 26.0 Å². The average Bonchev–Trinajstić information content (AvgIpc) is 2.55. The number of hydrogen-bond donors (Lipinski definition) is 2. The van der Waals surface area contributed by atoms with Gasteiger partial charge in [0.05, 0.1) is 6.04 Å². The maximum Gasteiger partial charge on any atom is 0.339 e. The molecule has 128 valence electrons. The fraction of sp³-hybridized carbons (Fsp3) is 0.235. The number of amides is 2. The molecule has 0 aliphatic rings. The molecule has 0 aliphatic carbocycles. The Morgan fingerprint density at radius 2 is 1.79 bits per heavy atom. The highest BCUT2D eigenvalue weighted by Gasteiger charge is 2.19. The van der Waals surface area contributed by atoms with Crippen LogP contribution in [0.15, 0.2) is 42.5 Å². The van der Waals surface area contributed by atoms with Crippen LogP contribution in [0.1, 0.15) is 37.1 Å². The van der Waals surface area contributed by atoms with E-state index in [-0.39, 0.29) is 11.9 Å². The Bertz CT molecular complexity index is 724. The zero-order valence-electron chi connectivity index (χ0n) is 13.2. The molecule has 3 N–H and O–H groups in total. The van der Waals surface area contributed by atoms with E-state index in [1.807, 2.05) is 0 Å². The standard InChI is InChI=1S/C17H18ClFN2O3/c1-10(21(23)17(20)22)13-5-8-16(15(19)9-13)24-11(2)12-3-6-14(18)7-4-12/h3-11,23H,1-2H3,(H2,20,22). The highest BCUT2D eigenvalue weighted by atomic mass is 35.5. The SMILES string of the molecule is CC(Oc1ccc(C(C)N(O)C(N)=O)cc1F)c1ccc(Cl)cc1. The Morgan fingerprint density at radius 1 is 1.21 bits per heavy atom. The van der Waals surface area contributed by atoms with Gasteiger partial charge in [-0.25, -0.2) is 9.18 Å². The molecular weight excluding hydrogens is 335 g/mol. The van der Waals surface area contributed by atoms with Gasteiger partial charge in [-0.1, -0.05) is 29.8 Å². The molecule has 2 aromatic rings. The fourth-order valence-electron chi connectivity index (χ4n) is 2.20. The Morgan fingerprint density at radius 3 is 2.33 bits per heavy atom. The van der Waals surface area contributed by atoms with E-state index in [0.29, 0.717) is 15.6 Å². The first-order valence-electron chi connectivity index (χ1n) is 7.28. The highest BCUT2D eigenvalue weighted by molar-refractivity contribution is 6.30. The molecule has 0 saturated carbocycles. The number of carbonyl (C=O) groups excluding carboxylic acids is 1. The molecule has 0 spiro atoms. The number of urea groups is 1. The zero-order valence-corrected chi connectivity index (χ0v) is 14.0. The van der Waals surface area contributed by atoms with E-state index in [9.17, 15) is 14.4 Å². The Balaban J connectivity index is 2.15. The van der Waals surface area contributed by atoms with Crippen LogP contribution in [0.25, 0.3) is 0 Å². The molecule has 0 bridgehead atoms. The van der Waals surface area contributed by atoms with Crippen molar-refractivity contribution in [1.29, 1.82) is 0 Å². The van der Waals surface area contributed by atoms with Crippen molar-refractivity contribution >= 4 is 17.6 Å². The number of nitrogens with zero attached hydrogens (tertiary/aromatic N) is 1. The topological polar surface area (TPSA) is 75.8 Å². The number of rotatable bonds is 5. The molecule has 2 unspecified atom stereocenters. The van der Waals surface area contributed by atoms with Gasteiger partial charge in [0.15, 0.2) is 11.6 Å². The summed E-state index contributed by atoms with van der Waals surface area (Å²) >= 11 is 5.84. The molecule has 0 radical (unpaired) electrons. The second kappa shape index (κ2) is 7.51. The van der Waals surface area contributed by atoms with Gasteiger partial charge in [0.2, 0.25) is 0 Å². The molecule has 7 heteroatoms. The quantitative estimate of drug-likeness (QED) is 0.616. The number of carbonyl (C=O) groups is 1. The fourth-order valence-corrected chi connectivity index (χ4v) is 2.32. The van der Waals surface area contributed by atoms with Crippen molar-refractivity contribution in [2.24, 2.45) is 5.73 Å². The molecule has 0 aromatic heterocycles. The van der Waals surface area contributed by atoms with Crippen LogP contribution in [0.5, 0.6) is 5.75 Å². The molecule has 0 fully saturated rings. The number of nitrogens with two attached hydrogens (primary N) is 1. The van der Waals surface area contributed by atoms with Gasteiger partial charge in [-0.15, -0.1) is 0 Å². The molecule has 0 aliphatic heterocycles. The van der Waals surface area contributed by atoms with Crippen molar-refractivity contribution in [3.05, 3.63) is 64.4 Å². The molecule has 5 nitrogen and oxygen atoms in total. The van der Waals surface area contributed by atoms with Gasteiger partial charge < -0.3 is 10.5 Å². The predicted molar refractivity (Wildman–Crippen MR) is 88.5 cm³/mol. The van der Waals surface area contributed by atoms with Gasteiger partial charge in [0.1, 0.15) is 6.10 Å². The van der Waals surface area contributed by atoms with Crippen LogP contribution >= 0.6 is 11.6 Å². The van der Waals surface area contributed by atoms with Crippen molar-refractivity contribution in [2.75, 3.05) is 0 Å². The third-order valence-corrected chi connectivity index (χ3v) is 3.93. The maximum atomic E-state index is 14.3. The monoisotopic (exact) mass is 352 g/mol. The lowest BCUT2D eigenvalue weighted by Crippen LogP contribution is -2.34. The third-order valence-electron chi connectivity index (χ3n) is 3.67. The summed E-state index contributed by atoms with van der Waals surface area (Å²) in [5.74, 6) is -0.532. The minimum atomic E-state index is -1.01. The Hall–Kier alpha value is -2.31. The Labute approximate surface area is 144 Å². The highest BCUT2D eigenvalue weighted by Crippen LogP contribution is 2.28. The summed E-state index contributed by atoms with van der Waals surface area (Å²) in [7, 11) is 0. The molecule has 2 rings (SSSR count). The summed E-state index contributed by atoms with van der Waals surface area (Å²) in [5.41, 5.74) is 6.23. The van der Waals surface area contributed by atoms with Gasteiger partial charge in [-0.05, 0) is 49.2 Å². The minimum absolute atomic E-state index is 0.0666. The molecule has 2 aromatic carbocycles. The number of benzene rings is 2. The van der Waals surface area contributed by atoms with Crippen LogP contribution in [0.4, 0.5) is 9.18 Å². The van der Waals surface area contributed by atoms with Crippen LogP contribution < -0.4 is 10.5 Å². The van der Waals surface area contributed by atoms with Gasteiger partial charge >= 0.3 is 6.03 Å². The lowest BCUT2D eigenvalue weighted by atomic mass is 10.1. The van der Waals surface area contributed by atoms with E-state index in [1.165, 1.54) is 19.1 Å². The molecule has 24 heavy (non-hydrogen) atoms. The first-order chi connectivity index (χ1) is 11.3. The summed E-state index contributed by atoms with van der Waals surface area (Å²) in [6, 6.07) is 9.48. The van der Waals surface area contributed by atoms with Gasteiger partial charge in [0.25, 0.3) is 0 Å². The summed E-state index contributed by atoms with van der Waals surface area (Å²) in [5, 5.41) is 10.5. The molecule has 0 saturated heterocycles. The van der Waals surface area contributed by atoms with Crippen LogP contribution in [-0.4, -0.2) is 16.3 Å². The first kappa shape index (κ1) is 18.0. The lowest BCUT2D eigenvalue weighted by Gasteiger charge is -2.22. The zero-order chi connectivity index (χ0) is 17.9.